The summed E-state index contributed by atoms with van der Waals surface area (Å²) in [6.45, 7) is 0. The summed E-state index contributed by atoms with van der Waals surface area (Å²) in [5.74, 6) is 0.840. The van der Waals surface area contributed by atoms with Crippen LogP contribution >= 0.6 is 11.6 Å². The highest BCUT2D eigenvalue weighted by Crippen LogP contribution is 2.44. The van der Waals surface area contributed by atoms with Crippen molar-refractivity contribution in [1.82, 2.24) is 0 Å². The van der Waals surface area contributed by atoms with Crippen LogP contribution in [0.5, 0.6) is 17.2 Å². The summed E-state index contributed by atoms with van der Waals surface area (Å²) in [5.41, 5.74) is -0.116. The monoisotopic (exact) mass is 477 g/mol. The fourth-order valence-corrected chi connectivity index (χ4v) is 3.84. The molecule has 9 heteroatoms. The van der Waals surface area contributed by atoms with E-state index in [1.807, 2.05) is 0 Å². The number of rotatable bonds is 6. The van der Waals surface area contributed by atoms with Gasteiger partial charge in [0.1, 0.15) is 11.8 Å². The first-order valence-electron chi connectivity index (χ1n) is 9.87. The van der Waals surface area contributed by atoms with Gasteiger partial charge in [0.15, 0.2) is 11.5 Å². The van der Waals surface area contributed by atoms with Crippen LogP contribution in [-0.4, -0.2) is 26.2 Å². The zero-order valence-corrected chi connectivity index (χ0v) is 18.4. The molecule has 1 amide bonds. The molecule has 1 fully saturated rings. The van der Waals surface area contributed by atoms with Crippen LogP contribution in [0.1, 0.15) is 17.2 Å². The van der Waals surface area contributed by atoms with Crippen LogP contribution in [-0.2, 0) is 11.0 Å². The molecule has 1 aliphatic heterocycles. The number of anilines is 1. The van der Waals surface area contributed by atoms with Gasteiger partial charge in [-0.3, -0.25) is 9.69 Å². The number of methoxy groups -OCH3 is 2. The van der Waals surface area contributed by atoms with E-state index in [-0.39, 0.29) is 5.69 Å². The van der Waals surface area contributed by atoms with E-state index in [1.165, 1.54) is 31.3 Å². The summed E-state index contributed by atoms with van der Waals surface area (Å²) in [6.07, 6.45) is -5.50. The second-order valence-electron chi connectivity index (χ2n) is 7.31. The van der Waals surface area contributed by atoms with Crippen molar-refractivity contribution in [2.45, 2.75) is 18.3 Å². The lowest BCUT2D eigenvalue weighted by molar-refractivity contribution is -0.138. The Kier molecular flexibility index (Phi) is 6.12. The number of carbonyl (C=O) groups is 1. The Bertz CT molecular complexity index is 1170. The van der Waals surface area contributed by atoms with E-state index in [0.29, 0.717) is 27.8 Å². The van der Waals surface area contributed by atoms with Gasteiger partial charge < -0.3 is 14.2 Å². The number of halogens is 4. The number of benzene rings is 3. The molecule has 1 heterocycles. The van der Waals surface area contributed by atoms with Crippen LogP contribution in [0, 0.1) is 0 Å². The van der Waals surface area contributed by atoms with Crippen molar-refractivity contribution in [1.29, 1.82) is 0 Å². The largest absolute Gasteiger partial charge is 0.493 e. The van der Waals surface area contributed by atoms with Gasteiger partial charge in [0.05, 0.1) is 19.8 Å². The molecule has 5 nitrogen and oxygen atoms in total. The SMILES string of the molecule is COc1ccc([C@H]2[C@@H](Oc3ccc(Cl)cc3)C(=O)N2c2cccc(C(F)(F)F)c2)cc1OC. The van der Waals surface area contributed by atoms with Gasteiger partial charge in [-0.25, -0.2) is 0 Å². The summed E-state index contributed by atoms with van der Waals surface area (Å²) >= 11 is 5.92. The minimum absolute atomic E-state index is 0.116. The molecule has 4 rings (SSSR count). The zero-order chi connectivity index (χ0) is 23.8. The molecule has 0 saturated carbocycles. The minimum Gasteiger partial charge on any atom is -0.493 e. The maximum Gasteiger partial charge on any atom is 0.416 e. The standard InChI is InChI=1S/C24H19ClF3NO4/c1-31-19-11-6-14(12-20(19)32-2)21-22(33-18-9-7-16(25)8-10-18)23(30)29(21)17-5-3-4-15(13-17)24(26,27)28/h3-13,21-22H,1-2H3/t21-,22+/m0/s1. The van der Waals surface area contributed by atoms with Gasteiger partial charge in [-0.05, 0) is 60.2 Å². The molecule has 1 saturated heterocycles. The first-order valence-corrected chi connectivity index (χ1v) is 10.2. The molecule has 0 aliphatic carbocycles. The number of ether oxygens (including phenoxy) is 3. The molecule has 3 aromatic rings. The van der Waals surface area contributed by atoms with Crippen molar-refractivity contribution in [2.24, 2.45) is 0 Å². The van der Waals surface area contributed by atoms with E-state index < -0.39 is 29.8 Å². The zero-order valence-electron chi connectivity index (χ0n) is 17.6. The van der Waals surface area contributed by atoms with Gasteiger partial charge in [0.2, 0.25) is 6.10 Å². The fraction of sp³-hybridized carbons (Fsp3) is 0.208. The smallest absolute Gasteiger partial charge is 0.416 e. The number of β-lactam (4-membered cyclic amide) rings is 1. The third-order valence-corrected chi connectivity index (χ3v) is 5.58. The number of hydrogen-bond acceptors (Lipinski definition) is 4. The number of hydrogen-bond donors (Lipinski definition) is 0. The molecule has 0 aromatic heterocycles. The average Bonchev–Trinajstić information content (AvgIpc) is 2.81. The average molecular weight is 478 g/mol. The summed E-state index contributed by atoms with van der Waals surface area (Å²) in [5, 5.41) is 0.504. The van der Waals surface area contributed by atoms with Gasteiger partial charge in [-0.2, -0.15) is 13.2 Å². The lowest BCUT2D eigenvalue weighted by Gasteiger charge is -2.46. The van der Waals surface area contributed by atoms with Crippen LogP contribution < -0.4 is 19.1 Å². The van der Waals surface area contributed by atoms with Crippen LogP contribution in [0.4, 0.5) is 18.9 Å². The maximum atomic E-state index is 13.3. The second-order valence-corrected chi connectivity index (χ2v) is 7.74. The van der Waals surface area contributed by atoms with Crippen molar-refractivity contribution in [3.05, 3.63) is 82.9 Å². The van der Waals surface area contributed by atoms with Crippen molar-refractivity contribution in [2.75, 3.05) is 19.1 Å². The van der Waals surface area contributed by atoms with Gasteiger partial charge in [-0.15, -0.1) is 0 Å². The quantitative estimate of drug-likeness (QED) is 0.414. The summed E-state index contributed by atoms with van der Waals surface area (Å²) < 4.78 is 56.4. The molecule has 2 atom stereocenters. The molecular formula is C24H19ClF3NO4. The first-order chi connectivity index (χ1) is 15.7. The van der Waals surface area contributed by atoms with Crippen LogP contribution in [0.2, 0.25) is 5.02 Å². The third kappa shape index (κ3) is 4.43. The number of nitrogens with zero attached hydrogens (tertiary/aromatic N) is 1. The number of alkyl halides is 3. The van der Waals surface area contributed by atoms with E-state index in [9.17, 15) is 18.0 Å². The van der Waals surface area contributed by atoms with Gasteiger partial charge >= 0.3 is 6.18 Å². The Morgan fingerprint density at radius 1 is 0.909 bits per heavy atom. The molecule has 0 unspecified atom stereocenters. The summed E-state index contributed by atoms with van der Waals surface area (Å²) in [7, 11) is 2.96. The molecule has 0 radical (unpaired) electrons. The Balaban J connectivity index is 1.75. The van der Waals surface area contributed by atoms with Gasteiger partial charge in [0.25, 0.3) is 5.91 Å². The molecule has 1 aliphatic rings. The molecular weight excluding hydrogens is 459 g/mol. The Hall–Kier alpha value is -3.39. The molecule has 0 N–H and O–H groups in total. The normalized spacial score (nSPS) is 18.0. The van der Waals surface area contributed by atoms with E-state index in [2.05, 4.69) is 0 Å². The molecule has 0 spiro atoms. The van der Waals surface area contributed by atoms with E-state index in [0.717, 1.165) is 12.1 Å². The third-order valence-electron chi connectivity index (χ3n) is 5.32. The Morgan fingerprint density at radius 3 is 2.24 bits per heavy atom. The van der Waals surface area contributed by atoms with Crippen molar-refractivity contribution in [3.63, 3.8) is 0 Å². The fourth-order valence-electron chi connectivity index (χ4n) is 3.72. The van der Waals surface area contributed by atoms with Crippen molar-refractivity contribution >= 4 is 23.2 Å². The second kappa shape index (κ2) is 8.86. The lowest BCUT2D eigenvalue weighted by Crippen LogP contribution is -2.61. The molecule has 172 valence electrons. The Morgan fingerprint density at radius 2 is 1.61 bits per heavy atom. The van der Waals surface area contributed by atoms with E-state index in [1.54, 1.807) is 42.5 Å². The number of amides is 1. The first kappa shape index (κ1) is 22.8. The minimum atomic E-state index is -4.54. The van der Waals surface area contributed by atoms with E-state index in [4.69, 9.17) is 25.8 Å². The van der Waals surface area contributed by atoms with Gasteiger partial charge in [0, 0.05) is 10.7 Å². The van der Waals surface area contributed by atoms with Crippen LogP contribution in [0.15, 0.2) is 66.7 Å². The molecule has 3 aromatic carbocycles. The topological polar surface area (TPSA) is 48.0 Å². The molecule has 0 bridgehead atoms. The maximum absolute atomic E-state index is 13.3. The predicted octanol–water partition coefficient (Wildman–Crippen LogP) is 5.91. The van der Waals surface area contributed by atoms with E-state index >= 15 is 0 Å². The summed E-state index contributed by atoms with van der Waals surface area (Å²) in [6, 6.07) is 15.5. The van der Waals surface area contributed by atoms with Gasteiger partial charge in [-0.1, -0.05) is 23.7 Å². The van der Waals surface area contributed by atoms with Crippen molar-refractivity contribution in [3.8, 4) is 17.2 Å². The van der Waals surface area contributed by atoms with Crippen molar-refractivity contribution < 1.29 is 32.2 Å². The van der Waals surface area contributed by atoms with Crippen LogP contribution in [0.3, 0.4) is 0 Å². The highest BCUT2D eigenvalue weighted by molar-refractivity contribution is 6.30. The Labute approximate surface area is 193 Å². The lowest BCUT2D eigenvalue weighted by atomic mass is 9.89. The van der Waals surface area contributed by atoms with Crippen LogP contribution in [0.25, 0.3) is 0 Å². The predicted molar refractivity (Wildman–Crippen MR) is 117 cm³/mol. The summed E-state index contributed by atoms with van der Waals surface area (Å²) in [4.78, 5) is 14.4. The highest BCUT2D eigenvalue weighted by Gasteiger charge is 2.51. The highest BCUT2D eigenvalue weighted by atomic mass is 35.5. The molecule has 33 heavy (non-hydrogen) atoms. The number of carbonyl (C=O) groups excluding carboxylic acids is 1.